The molecule has 0 radical (unpaired) electrons. The van der Waals surface area contributed by atoms with Gasteiger partial charge in [0.25, 0.3) is 0 Å². The van der Waals surface area contributed by atoms with Gasteiger partial charge in [-0.2, -0.15) is 0 Å². The van der Waals surface area contributed by atoms with Gasteiger partial charge in [0.2, 0.25) is 0 Å². The van der Waals surface area contributed by atoms with Crippen molar-refractivity contribution in [2.75, 3.05) is 5.73 Å². The second kappa shape index (κ2) is 3.25. The van der Waals surface area contributed by atoms with Gasteiger partial charge in [0.05, 0.1) is 0 Å². The zero-order valence-electron chi connectivity index (χ0n) is 7.16. The van der Waals surface area contributed by atoms with Crippen molar-refractivity contribution in [2.24, 2.45) is 0 Å². The van der Waals surface area contributed by atoms with E-state index in [4.69, 9.17) is 5.73 Å². The van der Waals surface area contributed by atoms with Crippen LogP contribution in [-0.2, 0) is 0 Å². The number of nitrogen functional groups attached to an aromatic ring is 1. The number of carbonyl (C=O) groups excluding carboxylic acids is 1. The van der Waals surface area contributed by atoms with Crippen molar-refractivity contribution in [1.82, 2.24) is 19.5 Å². The Bertz CT molecular complexity index is 464. The van der Waals surface area contributed by atoms with E-state index in [9.17, 15) is 4.79 Å². The molecule has 0 amide bonds. The molecule has 2 rings (SSSR count). The van der Waals surface area contributed by atoms with Crippen LogP contribution in [0.1, 0.15) is 10.5 Å². The maximum absolute atomic E-state index is 10.4. The SMILES string of the molecule is Nc1cc(-n2cnc(C=O)c2)ncn1. The topological polar surface area (TPSA) is 86.7 Å². The number of aromatic nitrogens is 4. The molecule has 2 aromatic rings. The molecule has 2 aromatic heterocycles. The number of anilines is 1. The largest absolute Gasteiger partial charge is 0.384 e. The standard InChI is InChI=1S/C8H7N5O/c9-7-1-8(11-4-10-7)13-2-6(3-14)12-5-13/h1-5H,(H2,9,10,11). The Balaban J connectivity index is 2.43. The van der Waals surface area contributed by atoms with Crippen LogP contribution in [0.4, 0.5) is 5.82 Å². The van der Waals surface area contributed by atoms with Gasteiger partial charge in [0, 0.05) is 12.3 Å². The molecule has 0 atom stereocenters. The molecule has 14 heavy (non-hydrogen) atoms. The molecule has 2 N–H and O–H groups in total. The summed E-state index contributed by atoms with van der Waals surface area (Å²) in [6, 6.07) is 1.59. The minimum absolute atomic E-state index is 0.349. The number of aldehydes is 1. The van der Waals surface area contributed by atoms with Crippen LogP contribution in [0.5, 0.6) is 0 Å². The number of rotatable bonds is 2. The van der Waals surface area contributed by atoms with Crippen LogP contribution >= 0.6 is 0 Å². The van der Waals surface area contributed by atoms with E-state index >= 15 is 0 Å². The smallest absolute Gasteiger partial charge is 0.170 e. The van der Waals surface area contributed by atoms with Crippen molar-refractivity contribution in [3.63, 3.8) is 0 Å². The molecule has 0 bridgehead atoms. The number of nitrogens with two attached hydrogens (primary N) is 1. The molecule has 0 fully saturated rings. The molecule has 70 valence electrons. The average molecular weight is 189 g/mol. The van der Waals surface area contributed by atoms with E-state index in [1.165, 1.54) is 12.7 Å². The number of carbonyl (C=O) groups is 1. The lowest BCUT2D eigenvalue weighted by Gasteiger charge is -1.99. The molecule has 2 heterocycles. The Morgan fingerprint density at radius 2 is 2.21 bits per heavy atom. The first-order valence-corrected chi connectivity index (χ1v) is 3.86. The van der Waals surface area contributed by atoms with E-state index in [2.05, 4.69) is 15.0 Å². The molecule has 0 aliphatic carbocycles. The number of hydrogen-bond donors (Lipinski definition) is 1. The van der Waals surface area contributed by atoms with E-state index in [0.717, 1.165) is 0 Å². The van der Waals surface area contributed by atoms with E-state index in [1.807, 2.05) is 0 Å². The molecule has 0 saturated heterocycles. The second-order valence-electron chi connectivity index (χ2n) is 2.62. The summed E-state index contributed by atoms with van der Waals surface area (Å²) in [6.07, 6.45) is 5.08. The average Bonchev–Trinajstić information content (AvgIpc) is 2.66. The van der Waals surface area contributed by atoms with E-state index < -0.39 is 0 Å². The van der Waals surface area contributed by atoms with Crippen LogP contribution < -0.4 is 5.73 Å². The van der Waals surface area contributed by atoms with Crippen molar-refractivity contribution in [2.45, 2.75) is 0 Å². The lowest BCUT2D eigenvalue weighted by Crippen LogP contribution is -1.98. The molecular weight excluding hydrogens is 182 g/mol. The van der Waals surface area contributed by atoms with Gasteiger partial charge < -0.3 is 5.73 Å². The second-order valence-corrected chi connectivity index (χ2v) is 2.62. The summed E-state index contributed by atoms with van der Waals surface area (Å²) < 4.78 is 1.60. The quantitative estimate of drug-likeness (QED) is 0.675. The molecule has 0 aromatic carbocycles. The Morgan fingerprint density at radius 3 is 2.86 bits per heavy atom. The molecule has 0 aliphatic heterocycles. The lowest BCUT2D eigenvalue weighted by molar-refractivity contribution is 0.111. The molecule has 0 unspecified atom stereocenters. The highest BCUT2D eigenvalue weighted by molar-refractivity contribution is 5.71. The third-order valence-corrected chi connectivity index (χ3v) is 1.66. The monoisotopic (exact) mass is 189 g/mol. The Hall–Kier alpha value is -2.24. The van der Waals surface area contributed by atoms with Gasteiger partial charge in [-0.3, -0.25) is 9.36 Å². The molecule has 0 saturated carbocycles. The summed E-state index contributed by atoms with van der Waals surface area (Å²) in [5, 5.41) is 0. The van der Waals surface area contributed by atoms with Gasteiger partial charge in [0.15, 0.2) is 6.29 Å². The highest BCUT2D eigenvalue weighted by Gasteiger charge is 2.01. The summed E-state index contributed by atoms with van der Waals surface area (Å²) in [6.45, 7) is 0. The number of hydrogen-bond acceptors (Lipinski definition) is 5. The first-order valence-electron chi connectivity index (χ1n) is 3.86. The molecular formula is C8H7N5O. The minimum atomic E-state index is 0.349. The van der Waals surface area contributed by atoms with Crippen LogP contribution in [0.2, 0.25) is 0 Å². The number of nitrogens with zero attached hydrogens (tertiary/aromatic N) is 4. The minimum Gasteiger partial charge on any atom is -0.384 e. The third-order valence-electron chi connectivity index (χ3n) is 1.66. The van der Waals surface area contributed by atoms with Crippen LogP contribution in [0.3, 0.4) is 0 Å². The first-order chi connectivity index (χ1) is 6.79. The lowest BCUT2D eigenvalue weighted by atomic mass is 10.5. The van der Waals surface area contributed by atoms with Crippen molar-refractivity contribution >= 4 is 12.1 Å². The Labute approximate surface area is 79.4 Å². The summed E-state index contributed by atoms with van der Waals surface area (Å²) in [5.74, 6) is 0.953. The summed E-state index contributed by atoms with van der Waals surface area (Å²) in [7, 11) is 0. The van der Waals surface area contributed by atoms with E-state index in [0.29, 0.717) is 23.6 Å². The Kier molecular flexibility index (Phi) is 1.94. The van der Waals surface area contributed by atoms with Crippen molar-refractivity contribution in [3.8, 4) is 5.82 Å². The normalized spacial score (nSPS) is 10.0. The van der Waals surface area contributed by atoms with Crippen molar-refractivity contribution in [3.05, 3.63) is 30.6 Å². The summed E-state index contributed by atoms with van der Waals surface area (Å²) >= 11 is 0. The fraction of sp³-hybridized carbons (Fsp3) is 0. The Morgan fingerprint density at radius 1 is 1.36 bits per heavy atom. The molecule has 6 nitrogen and oxygen atoms in total. The fourth-order valence-corrected chi connectivity index (χ4v) is 1.03. The van der Waals surface area contributed by atoms with Gasteiger partial charge in [-0.05, 0) is 0 Å². The van der Waals surface area contributed by atoms with Gasteiger partial charge >= 0.3 is 0 Å². The van der Waals surface area contributed by atoms with Crippen LogP contribution in [-0.4, -0.2) is 25.8 Å². The van der Waals surface area contributed by atoms with Gasteiger partial charge in [-0.1, -0.05) is 0 Å². The van der Waals surface area contributed by atoms with Crippen LogP contribution in [0.15, 0.2) is 24.9 Å². The zero-order valence-corrected chi connectivity index (χ0v) is 7.16. The maximum Gasteiger partial charge on any atom is 0.170 e. The van der Waals surface area contributed by atoms with Crippen LogP contribution in [0.25, 0.3) is 5.82 Å². The third kappa shape index (κ3) is 1.45. The zero-order chi connectivity index (χ0) is 9.97. The van der Waals surface area contributed by atoms with Crippen LogP contribution in [0, 0.1) is 0 Å². The highest BCUT2D eigenvalue weighted by atomic mass is 16.1. The molecule has 6 heteroatoms. The van der Waals surface area contributed by atoms with E-state index in [1.54, 1.807) is 16.8 Å². The predicted octanol–water partition coefficient (Wildman–Crippen LogP) is 0.0570. The van der Waals surface area contributed by atoms with Gasteiger partial charge in [-0.25, -0.2) is 15.0 Å². The summed E-state index contributed by atoms with van der Waals surface area (Å²) in [5.41, 5.74) is 5.83. The highest BCUT2D eigenvalue weighted by Crippen LogP contribution is 2.06. The maximum atomic E-state index is 10.4. The molecule has 0 aliphatic rings. The number of imidazole rings is 1. The van der Waals surface area contributed by atoms with Gasteiger partial charge in [0.1, 0.15) is 30.0 Å². The molecule has 0 spiro atoms. The van der Waals surface area contributed by atoms with E-state index in [-0.39, 0.29) is 0 Å². The fourth-order valence-electron chi connectivity index (χ4n) is 1.03. The van der Waals surface area contributed by atoms with Crippen molar-refractivity contribution in [1.29, 1.82) is 0 Å². The van der Waals surface area contributed by atoms with Gasteiger partial charge in [-0.15, -0.1) is 0 Å². The predicted molar refractivity (Wildman–Crippen MR) is 49.0 cm³/mol. The first kappa shape index (κ1) is 8.36. The van der Waals surface area contributed by atoms with Crippen molar-refractivity contribution < 1.29 is 4.79 Å². The summed E-state index contributed by atoms with van der Waals surface area (Å²) in [4.78, 5) is 21.9.